The van der Waals surface area contributed by atoms with Gasteiger partial charge in [-0.2, -0.15) is 0 Å². The number of anilines is 2. The third-order valence-corrected chi connectivity index (χ3v) is 7.07. The zero-order valence-electron chi connectivity index (χ0n) is 18.6. The van der Waals surface area contributed by atoms with Crippen LogP contribution in [0.3, 0.4) is 0 Å². The maximum Gasteiger partial charge on any atom is 0.266 e. The van der Waals surface area contributed by atoms with Crippen molar-refractivity contribution in [3.05, 3.63) is 80.1 Å². The molecule has 2 aromatic heterocycles. The molecule has 34 heavy (non-hydrogen) atoms. The minimum Gasteiger partial charge on any atom is -0.495 e. The molecule has 1 atom stereocenters. The summed E-state index contributed by atoms with van der Waals surface area (Å²) in [6.45, 7) is 3.33. The van der Waals surface area contributed by atoms with Gasteiger partial charge >= 0.3 is 0 Å². The fourth-order valence-corrected chi connectivity index (χ4v) is 4.76. The molecule has 0 fully saturated rings. The van der Waals surface area contributed by atoms with Crippen molar-refractivity contribution < 1.29 is 14.3 Å². The molecule has 2 N–H and O–H groups in total. The van der Waals surface area contributed by atoms with Crippen molar-refractivity contribution in [3.8, 4) is 5.75 Å². The van der Waals surface area contributed by atoms with Gasteiger partial charge in [-0.05, 0) is 55.8 Å². The summed E-state index contributed by atoms with van der Waals surface area (Å²) in [5.74, 6) is -0.190. The smallest absolute Gasteiger partial charge is 0.266 e. The fourth-order valence-electron chi connectivity index (χ4n) is 3.46. The number of thiophene rings is 1. The molecule has 4 aromatic rings. The molecule has 0 spiro atoms. The van der Waals surface area contributed by atoms with Gasteiger partial charge in [0, 0.05) is 10.2 Å². The van der Waals surface area contributed by atoms with E-state index in [1.54, 1.807) is 50.2 Å². The average Bonchev–Trinajstić information content (AvgIpc) is 3.18. The third kappa shape index (κ3) is 4.59. The Hall–Kier alpha value is -3.50. The number of amides is 2. The molecule has 10 heteroatoms. The van der Waals surface area contributed by atoms with Crippen molar-refractivity contribution in [2.24, 2.45) is 0 Å². The van der Waals surface area contributed by atoms with Crippen molar-refractivity contribution in [1.29, 1.82) is 0 Å². The Kier molecular flexibility index (Phi) is 6.80. The number of benzene rings is 2. The van der Waals surface area contributed by atoms with Crippen LogP contribution in [0.2, 0.25) is 0 Å². The molecule has 0 radical (unpaired) electrons. The van der Waals surface area contributed by atoms with Crippen LogP contribution in [0.25, 0.3) is 10.2 Å². The zero-order chi connectivity index (χ0) is 24.4. The maximum atomic E-state index is 13.3. The summed E-state index contributed by atoms with van der Waals surface area (Å²) in [6.07, 6.45) is 1.34. The molecule has 0 saturated heterocycles. The van der Waals surface area contributed by atoms with Crippen LogP contribution in [0.1, 0.15) is 28.2 Å². The number of halogens is 1. The highest BCUT2D eigenvalue weighted by Gasteiger charge is 2.23. The average molecular weight is 541 g/mol. The number of hydrogen-bond donors (Lipinski definition) is 2. The normalized spacial score (nSPS) is 11.8. The molecular weight excluding hydrogens is 520 g/mol. The fraction of sp³-hybridized carbons (Fsp3) is 0.167. The predicted molar refractivity (Wildman–Crippen MR) is 137 cm³/mol. The predicted octanol–water partition coefficient (Wildman–Crippen LogP) is 4.99. The Morgan fingerprint density at radius 3 is 2.53 bits per heavy atom. The van der Waals surface area contributed by atoms with Gasteiger partial charge in [-0.25, -0.2) is 4.98 Å². The molecule has 2 heterocycles. The number of rotatable bonds is 6. The first-order valence-electron chi connectivity index (χ1n) is 10.3. The molecule has 8 nitrogen and oxygen atoms in total. The number of hydrogen-bond acceptors (Lipinski definition) is 6. The Morgan fingerprint density at radius 1 is 1.12 bits per heavy atom. The topological polar surface area (TPSA) is 102 Å². The van der Waals surface area contributed by atoms with Gasteiger partial charge in [0.25, 0.3) is 11.5 Å². The number of ether oxygens (including phenoxy) is 1. The van der Waals surface area contributed by atoms with Crippen LogP contribution in [0.5, 0.6) is 5.75 Å². The molecule has 4 rings (SSSR count). The minimum absolute atomic E-state index is 0.320. The number of nitrogens with zero attached hydrogens (tertiary/aromatic N) is 2. The summed E-state index contributed by atoms with van der Waals surface area (Å²) in [4.78, 5) is 44.2. The van der Waals surface area contributed by atoms with Gasteiger partial charge in [0.2, 0.25) is 5.91 Å². The second kappa shape index (κ2) is 9.78. The number of nitrogens with one attached hydrogen (secondary N) is 2. The number of aromatic nitrogens is 2. The minimum atomic E-state index is -0.807. The van der Waals surface area contributed by atoms with Gasteiger partial charge in [-0.1, -0.05) is 28.1 Å². The van der Waals surface area contributed by atoms with Crippen molar-refractivity contribution in [3.63, 3.8) is 0 Å². The number of aryl methyl sites for hydroxylation is 1. The van der Waals surface area contributed by atoms with E-state index >= 15 is 0 Å². The van der Waals surface area contributed by atoms with Gasteiger partial charge < -0.3 is 15.4 Å². The number of carbonyl (C=O) groups is 2. The summed E-state index contributed by atoms with van der Waals surface area (Å²) >= 11 is 4.48. The third-order valence-electron chi connectivity index (χ3n) is 5.35. The molecule has 174 valence electrons. The highest BCUT2D eigenvalue weighted by Crippen LogP contribution is 2.30. The van der Waals surface area contributed by atoms with E-state index in [2.05, 4.69) is 31.5 Å². The van der Waals surface area contributed by atoms with E-state index in [1.165, 1.54) is 18.0 Å². The SMILES string of the molecule is COc1ccccc1NC(=O)c1sc2ncn(C(C)C(=O)Nc3ccc(Br)cc3)c(=O)c2c1C. The summed E-state index contributed by atoms with van der Waals surface area (Å²) in [5, 5.41) is 5.95. The monoisotopic (exact) mass is 540 g/mol. The van der Waals surface area contributed by atoms with E-state index in [1.807, 2.05) is 12.1 Å². The van der Waals surface area contributed by atoms with Crippen LogP contribution in [0, 0.1) is 6.92 Å². The first-order valence-corrected chi connectivity index (χ1v) is 11.9. The summed E-state index contributed by atoms with van der Waals surface area (Å²) in [5.41, 5.74) is 1.27. The quantitative estimate of drug-likeness (QED) is 0.358. The van der Waals surface area contributed by atoms with Crippen molar-refractivity contribution in [2.45, 2.75) is 19.9 Å². The molecule has 0 bridgehead atoms. The number of methoxy groups -OCH3 is 1. The van der Waals surface area contributed by atoms with Crippen molar-refractivity contribution in [1.82, 2.24) is 9.55 Å². The van der Waals surface area contributed by atoms with Gasteiger partial charge in [0.05, 0.1) is 29.4 Å². The van der Waals surface area contributed by atoms with E-state index in [-0.39, 0.29) is 17.4 Å². The molecule has 0 aliphatic rings. The van der Waals surface area contributed by atoms with Gasteiger partial charge in [-0.15, -0.1) is 11.3 Å². The lowest BCUT2D eigenvalue weighted by Gasteiger charge is -2.15. The van der Waals surface area contributed by atoms with E-state index in [0.717, 1.165) is 15.8 Å². The largest absolute Gasteiger partial charge is 0.495 e. The summed E-state index contributed by atoms with van der Waals surface area (Å²) in [7, 11) is 1.52. The molecule has 0 saturated carbocycles. The van der Waals surface area contributed by atoms with Crippen LogP contribution < -0.4 is 20.9 Å². The molecule has 0 aliphatic heterocycles. The van der Waals surface area contributed by atoms with E-state index < -0.39 is 6.04 Å². The number of para-hydroxylation sites is 2. The van der Waals surface area contributed by atoms with Crippen LogP contribution in [0.15, 0.2) is 64.1 Å². The van der Waals surface area contributed by atoms with Crippen LogP contribution in [-0.4, -0.2) is 28.5 Å². The molecule has 2 aromatic carbocycles. The number of fused-ring (bicyclic) bond motifs is 1. The lowest BCUT2D eigenvalue weighted by atomic mass is 10.2. The van der Waals surface area contributed by atoms with E-state index in [4.69, 9.17) is 4.74 Å². The van der Waals surface area contributed by atoms with Crippen LogP contribution >= 0.6 is 27.3 Å². The molecule has 1 unspecified atom stereocenters. The first kappa shape index (κ1) is 23.7. The Bertz CT molecular complexity index is 1450. The lowest BCUT2D eigenvalue weighted by Crippen LogP contribution is -2.31. The summed E-state index contributed by atoms with van der Waals surface area (Å²) < 4.78 is 7.45. The Morgan fingerprint density at radius 2 is 1.82 bits per heavy atom. The second-order valence-electron chi connectivity index (χ2n) is 7.52. The highest BCUT2D eigenvalue weighted by atomic mass is 79.9. The molecule has 2 amide bonds. The van der Waals surface area contributed by atoms with E-state index in [9.17, 15) is 14.4 Å². The van der Waals surface area contributed by atoms with Gasteiger partial charge in [0.1, 0.15) is 16.6 Å². The Balaban J connectivity index is 1.63. The highest BCUT2D eigenvalue weighted by molar-refractivity contribution is 9.10. The van der Waals surface area contributed by atoms with E-state index in [0.29, 0.717) is 37.8 Å². The van der Waals surface area contributed by atoms with Crippen molar-refractivity contribution >= 4 is 60.7 Å². The summed E-state index contributed by atoms with van der Waals surface area (Å²) in [6, 6.07) is 13.4. The van der Waals surface area contributed by atoms with Gasteiger partial charge in [-0.3, -0.25) is 19.0 Å². The van der Waals surface area contributed by atoms with Crippen LogP contribution in [-0.2, 0) is 4.79 Å². The Labute approximate surface area is 207 Å². The van der Waals surface area contributed by atoms with Crippen LogP contribution in [0.4, 0.5) is 11.4 Å². The van der Waals surface area contributed by atoms with Gasteiger partial charge in [0.15, 0.2) is 0 Å². The number of carbonyl (C=O) groups excluding carboxylic acids is 2. The second-order valence-corrected chi connectivity index (χ2v) is 9.43. The lowest BCUT2D eigenvalue weighted by molar-refractivity contribution is -0.118. The van der Waals surface area contributed by atoms with Crippen molar-refractivity contribution in [2.75, 3.05) is 17.7 Å². The molecule has 0 aliphatic carbocycles. The standard InChI is InChI=1S/C24H21BrN4O4S/c1-13-19-23(34-20(13)22(31)28-17-6-4-5-7-18(17)33-3)26-12-29(24(19)32)14(2)21(30)27-16-10-8-15(25)9-11-16/h4-12,14H,1-3H3,(H,27,30)(H,28,31). The maximum absolute atomic E-state index is 13.3. The first-order chi connectivity index (χ1) is 16.3. The zero-order valence-corrected chi connectivity index (χ0v) is 21.0. The molecular formula is C24H21BrN4O4S.